The molecule has 3 heteroatoms. The Labute approximate surface area is 195 Å². The normalized spacial score (nSPS) is 17.0. The van der Waals surface area contributed by atoms with Gasteiger partial charge in [0.25, 0.3) is 0 Å². The highest BCUT2D eigenvalue weighted by atomic mass is 16.3. The van der Waals surface area contributed by atoms with Crippen molar-refractivity contribution in [3.05, 3.63) is 71.5 Å². The predicted molar refractivity (Wildman–Crippen MR) is 136 cm³/mol. The molecule has 1 aliphatic rings. The molecule has 0 aliphatic heterocycles. The molecule has 0 atom stereocenters. The fraction of sp³-hybridized carbons (Fsp3) is 0.333. The van der Waals surface area contributed by atoms with Gasteiger partial charge in [0.2, 0.25) is 11.4 Å². The van der Waals surface area contributed by atoms with E-state index < -0.39 is 0 Å². The molecular formula is C30H31N2O+. The highest BCUT2D eigenvalue weighted by Crippen LogP contribution is 2.50. The standard InChI is InChI=1S/C30H31N2O/c1-18-11-12-21-25-26-22(29(2,3)13-14-30(26,4)5)16-31-28(25)33-27(21)24(18)23-15-19-9-7-8-10-20(19)17-32(23)6/h7-12,15-17H,13-14H2,1-6H3/q+1. The van der Waals surface area contributed by atoms with E-state index in [0.717, 1.165) is 29.0 Å². The molecule has 0 N–H and O–H groups in total. The number of aryl methyl sites for hydroxylation is 2. The average Bonchev–Trinajstić information content (AvgIpc) is 3.15. The Hall–Kier alpha value is -3.20. The van der Waals surface area contributed by atoms with Crippen LogP contribution in [0.1, 0.15) is 57.2 Å². The molecule has 2 aromatic carbocycles. The number of furan rings is 1. The minimum Gasteiger partial charge on any atom is -0.437 e. The van der Waals surface area contributed by atoms with Crippen LogP contribution in [0.2, 0.25) is 0 Å². The Morgan fingerprint density at radius 2 is 1.67 bits per heavy atom. The van der Waals surface area contributed by atoms with E-state index in [0.29, 0.717) is 0 Å². The molecule has 6 rings (SSSR count). The van der Waals surface area contributed by atoms with E-state index in [-0.39, 0.29) is 10.8 Å². The van der Waals surface area contributed by atoms with Gasteiger partial charge < -0.3 is 4.42 Å². The van der Waals surface area contributed by atoms with Crippen molar-refractivity contribution in [2.45, 2.75) is 58.3 Å². The molecule has 0 radical (unpaired) electrons. The zero-order valence-electron chi connectivity index (χ0n) is 20.4. The van der Waals surface area contributed by atoms with Gasteiger partial charge in [0, 0.05) is 23.0 Å². The summed E-state index contributed by atoms with van der Waals surface area (Å²) in [6.45, 7) is 11.6. The molecule has 3 aromatic heterocycles. The van der Waals surface area contributed by atoms with E-state index in [1.165, 1.54) is 44.7 Å². The number of rotatable bonds is 1. The number of nitrogens with zero attached hydrogens (tertiary/aromatic N) is 2. The summed E-state index contributed by atoms with van der Waals surface area (Å²) in [5.74, 6) is 0. The van der Waals surface area contributed by atoms with Crippen molar-refractivity contribution in [1.82, 2.24) is 4.98 Å². The molecule has 0 saturated carbocycles. The number of aromatic nitrogens is 2. The summed E-state index contributed by atoms with van der Waals surface area (Å²) < 4.78 is 8.80. The van der Waals surface area contributed by atoms with Gasteiger partial charge in [0.15, 0.2) is 11.8 Å². The SMILES string of the molecule is Cc1ccc2c(oc3ncc4c(c32)C(C)(C)CCC4(C)C)c1-c1cc2ccccc2c[n+]1C. The van der Waals surface area contributed by atoms with E-state index in [9.17, 15) is 0 Å². The molecule has 3 heterocycles. The van der Waals surface area contributed by atoms with Crippen molar-refractivity contribution < 1.29 is 8.98 Å². The lowest BCUT2D eigenvalue weighted by Crippen LogP contribution is -2.34. The molecule has 0 spiro atoms. The molecule has 3 nitrogen and oxygen atoms in total. The van der Waals surface area contributed by atoms with E-state index >= 15 is 0 Å². The molecule has 166 valence electrons. The third-order valence-corrected chi connectivity index (χ3v) is 7.92. The molecule has 0 fully saturated rings. The Balaban J connectivity index is 1.73. The van der Waals surface area contributed by atoms with Gasteiger partial charge in [-0.1, -0.05) is 58.0 Å². The zero-order valence-corrected chi connectivity index (χ0v) is 20.4. The largest absolute Gasteiger partial charge is 0.437 e. The van der Waals surface area contributed by atoms with Gasteiger partial charge in [0.05, 0.1) is 10.9 Å². The average molecular weight is 436 g/mol. The van der Waals surface area contributed by atoms with Crippen molar-refractivity contribution in [2.75, 3.05) is 0 Å². The zero-order chi connectivity index (χ0) is 23.1. The second-order valence-electron chi connectivity index (χ2n) is 11.1. The van der Waals surface area contributed by atoms with Crippen LogP contribution in [0.25, 0.3) is 44.1 Å². The Morgan fingerprint density at radius 3 is 2.45 bits per heavy atom. The van der Waals surface area contributed by atoms with Gasteiger partial charge in [-0.15, -0.1) is 0 Å². The van der Waals surface area contributed by atoms with E-state index in [4.69, 9.17) is 9.40 Å². The van der Waals surface area contributed by atoms with Crippen molar-refractivity contribution >= 4 is 32.8 Å². The third kappa shape index (κ3) is 2.88. The lowest BCUT2D eigenvalue weighted by atomic mass is 9.63. The quantitative estimate of drug-likeness (QED) is 0.259. The minimum atomic E-state index is 0.0848. The van der Waals surface area contributed by atoms with Gasteiger partial charge in [-0.2, -0.15) is 0 Å². The van der Waals surface area contributed by atoms with Crippen LogP contribution in [-0.2, 0) is 17.9 Å². The summed E-state index contributed by atoms with van der Waals surface area (Å²) in [6, 6.07) is 15.3. The number of pyridine rings is 2. The molecule has 0 saturated heterocycles. The molecular weight excluding hydrogens is 404 g/mol. The molecule has 1 aliphatic carbocycles. The van der Waals surface area contributed by atoms with Crippen LogP contribution in [0.3, 0.4) is 0 Å². The Bertz CT molecular complexity index is 1590. The third-order valence-electron chi connectivity index (χ3n) is 7.92. The summed E-state index contributed by atoms with van der Waals surface area (Å²) in [5, 5.41) is 4.84. The second kappa shape index (κ2) is 6.66. The Kier molecular flexibility index (Phi) is 4.12. The van der Waals surface area contributed by atoms with E-state index in [1.54, 1.807) is 0 Å². The highest BCUT2D eigenvalue weighted by Gasteiger charge is 2.40. The summed E-state index contributed by atoms with van der Waals surface area (Å²) in [7, 11) is 2.12. The van der Waals surface area contributed by atoms with Crippen molar-refractivity contribution in [2.24, 2.45) is 7.05 Å². The number of fused-ring (bicyclic) bond motifs is 6. The van der Waals surface area contributed by atoms with Gasteiger partial charge in [-0.3, -0.25) is 0 Å². The maximum atomic E-state index is 6.59. The summed E-state index contributed by atoms with van der Waals surface area (Å²) in [4.78, 5) is 4.86. The highest BCUT2D eigenvalue weighted by molar-refractivity contribution is 6.11. The van der Waals surface area contributed by atoms with Crippen molar-refractivity contribution in [3.63, 3.8) is 0 Å². The molecule has 0 amide bonds. The van der Waals surface area contributed by atoms with Gasteiger partial charge in [0.1, 0.15) is 7.05 Å². The van der Waals surface area contributed by atoms with Crippen LogP contribution in [0.15, 0.2) is 59.3 Å². The van der Waals surface area contributed by atoms with Crippen LogP contribution in [0, 0.1) is 6.92 Å². The molecule has 0 bridgehead atoms. The lowest BCUT2D eigenvalue weighted by molar-refractivity contribution is -0.659. The first-order valence-corrected chi connectivity index (χ1v) is 11.9. The topological polar surface area (TPSA) is 29.9 Å². The monoisotopic (exact) mass is 435 g/mol. The first-order chi connectivity index (χ1) is 15.7. The van der Waals surface area contributed by atoms with Crippen LogP contribution < -0.4 is 4.57 Å². The maximum Gasteiger partial charge on any atom is 0.227 e. The van der Waals surface area contributed by atoms with Gasteiger partial charge in [-0.05, 0) is 58.7 Å². The smallest absolute Gasteiger partial charge is 0.227 e. The lowest BCUT2D eigenvalue weighted by Gasteiger charge is -2.41. The fourth-order valence-electron chi connectivity index (χ4n) is 5.86. The van der Waals surface area contributed by atoms with E-state index in [2.05, 4.69) is 101 Å². The van der Waals surface area contributed by atoms with Crippen LogP contribution in [0.4, 0.5) is 0 Å². The van der Waals surface area contributed by atoms with Gasteiger partial charge >= 0.3 is 0 Å². The molecule has 0 unspecified atom stereocenters. The summed E-state index contributed by atoms with van der Waals surface area (Å²) in [5.41, 5.74) is 8.20. The first-order valence-electron chi connectivity index (χ1n) is 11.9. The van der Waals surface area contributed by atoms with Crippen molar-refractivity contribution in [3.8, 4) is 11.3 Å². The van der Waals surface area contributed by atoms with Gasteiger partial charge in [-0.25, -0.2) is 9.55 Å². The van der Waals surface area contributed by atoms with Crippen LogP contribution in [-0.4, -0.2) is 4.98 Å². The maximum absolute atomic E-state index is 6.59. The summed E-state index contributed by atoms with van der Waals surface area (Å²) in [6.07, 6.45) is 6.62. The fourth-order valence-corrected chi connectivity index (χ4v) is 5.86. The van der Waals surface area contributed by atoms with Crippen LogP contribution in [0.5, 0.6) is 0 Å². The second-order valence-corrected chi connectivity index (χ2v) is 11.1. The predicted octanol–water partition coefficient (Wildman–Crippen LogP) is 7.28. The number of benzene rings is 2. The molecule has 33 heavy (non-hydrogen) atoms. The molecule has 5 aromatic rings. The number of hydrogen-bond donors (Lipinski definition) is 0. The number of hydrogen-bond acceptors (Lipinski definition) is 2. The van der Waals surface area contributed by atoms with Crippen molar-refractivity contribution in [1.29, 1.82) is 0 Å². The van der Waals surface area contributed by atoms with Crippen LogP contribution >= 0.6 is 0 Å². The summed E-state index contributed by atoms with van der Waals surface area (Å²) >= 11 is 0. The first kappa shape index (κ1) is 20.4. The minimum absolute atomic E-state index is 0.0848. The van der Waals surface area contributed by atoms with E-state index in [1.807, 2.05) is 0 Å². The Morgan fingerprint density at radius 1 is 0.939 bits per heavy atom.